The average molecular weight is 533 g/mol. The number of benzene rings is 3. The molecule has 0 aliphatic carbocycles. The van der Waals surface area contributed by atoms with Gasteiger partial charge in [0.15, 0.2) is 0 Å². The molecule has 0 aromatic heterocycles. The molecule has 1 aliphatic rings. The van der Waals surface area contributed by atoms with Crippen molar-refractivity contribution in [2.45, 2.75) is 43.0 Å². The first-order chi connectivity index (χ1) is 18.5. The summed E-state index contributed by atoms with van der Waals surface area (Å²) in [6.45, 7) is 1.81. The number of para-hydroxylation sites is 1. The predicted octanol–water partition coefficient (Wildman–Crippen LogP) is 3.90. The van der Waals surface area contributed by atoms with E-state index in [-0.39, 0.29) is 24.1 Å². The van der Waals surface area contributed by atoms with Gasteiger partial charge in [-0.25, -0.2) is 0 Å². The molecular formula is C30H36N4O3S. The molecule has 7 nitrogen and oxygen atoms in total. The van der Waals surface area contributed by atoms with Crippen LogP contribution in [-0.4, -0.2) is 56.2 Å². The molecule has 3 aromatic rings. The van der Waals surface area contributed by atoms with Crippen molar-refractivity contribution in [1.82, 2.24) is 16.0 Å². The average Bonchev–Trinajstić information content (AvgIpc) is 3.08. The Hall–Kier alpha value is -3.36. The lowest BCUT2D eigenvalue weighted by molar-refractivity contribution is -0.129. The van der Waals surface area contributed by atoms with Crippen molar-refractivity contribution in [2.75, 3.05) is 37.3 Å². The lowest BCUT2D eigenvalue weighted by Crippen LogP contribution is -2.48. The normalized spacial score (nSPS) is 14.0. The van der Waals surface area contributed by atoms with Gasteiger partial charge in [-0.2, -0.15) is 0 Å². The van der Waals surface area contributed by atoms with Gasteiger partial charge in [-0.3, -0.25) is 14.4 Å². The number of carbonyl (C=O) groups excluding carboxylic acids is 3. The molecule has 8 heteroatoms. The second-order valence-electron chi connectivity index (χ2n) is 9.47. The molecule has 200 valence electrons. The molecule has 0 unspecified atom stereocenters. The second kappa shape index (κ2) is 14.0. The third kappa shape index (κ3) is 7.58. The highest BCUT2D eigenvalue weighted by Crippen LogP contribution is 2.34. The zero-order valence-corrected chi connectivity index (χ0v) is 22.7. The van der Waals surface area contributed by atoms with E-state index in [2.05, 4.69) is 28.1 Å². The number of nitrogens with one attached hydrogen (secondary N) is 3. The van der Waals surface area contributed by atoms with Gasteiger partial charge in [0.2, 0.25) is 17.7 Å². The van der Waals surface area contributed by atoms with Crippen LogP contribution in [0.5, 0.6) is 0 Å². The maximum atomic E-state index is 13.0. The van der Waals surface area contributed by atoms with Crippen molar-refractivity contribution in [3.63, 3.8) is 0 Å². The third-order valence-corrected chi connectivity index (χ3v) is 7.69. The van der Waals surface area contributed by atoms with E-state index in [1.54, 1.807) is 16.7 Å². The highest BCUT2D eigenvalue weighted by atomic mass is 32.2. The van der Waals surface area contributed by atoms with E-state index in [0.717, 1.165) is 45.6 Å². The molecule has 3 aromatic carbocycles. The van der Waals surface area contributed by atoms with E-state index < -0.39 is 6.04 Å². The number of amides is 3. The molecule has 1 atom stereocenters. The van der Waals surface area contributed by atoms with E-state index in [1.807, 2.05) is 61.6 Å². The number of hydrogen-bond acceptors (Lipinski definition) is 5. The molecule has 3 N–H and O–H groups in total. The first-order valence-electron chi connectivity index (χ1n) is 13.3. The number of fused-ring (bicyclic) bond motifs is 2. The number of nitrogens with zero attached hydrogens (tertiary/aromatic N) is 1. The number of thioether (sulfide) groups is 1. The Labute approximate surface area is 228 Å². The van der Waals surface area contributed by atoms with Gasteiger partial charge >= 0.3 is 0 Å². The van der Waals surface area contributed by atoms with Crippen LogP contribution in [0.3, 0.4) is 0 Å². The van der Waals surface area contributed by atoms with Gasteiger partial charge in [0.25, 0.3) is 0 Å². The summed E-state index contributed by atoms with van der Waals surface area (Å²) in [6.07, 6.45) is 2.45. The highest BCUT2D eigenvalue weighted by molar-refractivity contribution is 7.99. The molecular weight excluding hydrogens is 496 g/mol. The molecule has 0 saturated heterocycles. The van der Waals surface area contributed by atoms with E-state index in [1.165, 1.54) is 0 Å². The van der Waals surface area contributed by atoms with Gasteiger partial charge in [-0.05, 0) is 54.9 Å². The summed E-state index contributed by atoms with van der Waals surface area (Å²) in [5.74, 6) is 0.465. The molecule has 0 radical (unpaired) electrons. The van der Waals surface area contributed by atoms with E-state index in [0.29, 0.717) is 32.4 Å². The van der Waals surface area contributed by atoms with Crippen molar-refractivity contribution in [2.24, 2.45) is 0 Å². The Bertz CT molecular complexity index is 1260. The molecule has 3 amide bonds. The maximum Gasteiger partial charge on any atom is 0.242 e. The van der Waals surface area contributed by atoms with Gasteiger partial charge in [-0.15, -0.1) is 11.8 Å². The number of rotatable bonds is 12. The molecule has 0 fully saturated rings. The summed E-state index contributed by atoms with van der Waals surface area (Å²) in [7, 11) is 1.88. The summed E-state index contributed by atoms with van der Waals surface area (Å²) in [4.78, 5) is 41.6. The van der Waals surface area contributed by atoms with Gasteiger partial charge in [-0.1, -0.05) is 54.6 Å². The topological polar surface area (TPSA) is 90.5 Å². The van der Waals surface area contributed by atoms with Crippen molar-refractivity contribution < 1.29 is 14.4 Å². The SMILES string of the molecule is CNCCCNC(=O)[C@@H](Cc1ccc2ccccc2c1)NC(=O)CCCN1C(=O)CCSc2ccccc21. The van der Waals surface area contributed by atoms with Gasteiger partial charge < -0.3 is 20.9 Å². The minimum Gasteiger partial charge on any atom is -0.354 e. The largest absolute Gasteiger partial charge is 0.354 e. The standard InChI is InChI=1S/C30H36N4O3S/c1-31-16-7-17-32-30(37)25(21-22-13-14-23-8-2-3-9-24(23)20-22)33-28(35)12-6-18-34-26-10-4-5-11-27(26)38-19-15-29(34)36/h2-5,8-11,13-14,20,25,31H,6-7,12,15-19,21H2,1H3,(H,32,37)(H,33,35)/t25-/m1/s1. The van der Waals surface area contributed by atoms with Crippen LogP contribution in [0.2, 0.25) is 0 Å². The van der Waals surface area contributed by atoms with Crippen LogP contribution in [0.1, 0.15) is 31.2 Å². The third-order valence-electron chi connectivity index (χ3n) is 6.62. The Kier molecular flexibility index (Phi) is 10.2. The van der Waals surface area contributed by atoms with Crippen molar-refractivity contribution >= 4 is 45.9 Å². The van der Waals surface area contributed by atoms with Gasteiger partial charge in [0.1, 0.15) is 6.04 Å². The summed E-state index contributed by atoms with van der Waals surface area (Å²) in [6, 6.07) is 21.5. The van der Waals surface area contributed by atoms with Crippen molar-refractivity contribution in [3.8, 4) is 0 Å². The molecule has 38 heavy (non-hydrogen) atoms. The molecule has 0 saturated carbocycles. The first-order valence-corrected chi connectivity index (χ1v) is 14.3. The van der Waals surface area contributed by atoms with Crippen molar-refractivity contribution in [3.05, 3.63) is 72.3 Å². The fourth-order valence-corrected chi connectivity index (χ4v) is 5.64. The Morgan fingerprint density at radius 3 is 2.61 bits per heavy atom. The Morgan fingerprint density at radius 1 is 0.974 bits per heavy atom. The van der Waals surface area contributed by atoms with Gasteiger partial charge in [0, 0.05) is 43.0 Å². The van der Waals surface area contributed by atoms with Crippen LogP contribution in [0.25, 0.3) is 10.8 Å². The molecule has 4 rings (SSSR count). The molecule has 0 spiro atoms. The second-order valence-corrected chi connectivity index (χ2v) is 10.6. The fraction of sp³-hybridized carbons (Fsp3) is 0.367. The fourth-order valence-electron chi connectivity index (χ4n) is 4.64. The van der Waals surface area contributed by atoms with E-state index in [4.69, 9.17) is 0 Å². The first kappa shape index (κ1) is 27.7. The zero-order valence-electron chi connectivity index (χ0n) is 21.9. The van der Waals surface area contributed by atoms with Crippen LogP contribution in [-0.2, 0) is 20.8 Å². The monoisotopic (exact) mass is 532 g/mol. The van der Waals surface area contributed by atoms with Crippen molar-refractivity contribution in [1.29, 1.82) is 0 Å². The van der Waals surface area contributed by atoms with Gasteiger partial charge in [0.05, 0.1) is 5.69 Å². The van der Waals surface area contributed by atoms with Crippen LogP contribution >= 0.6 is 11.8 Å². The Balaban J connectivity index is 1.38. The van der Waals surface area contributed by atoms with Crippen LogP contribution in [0.15, 0.2) is 71.6 Å². The summed E-state index contributed by atoms with van der Waals surface area (Å²) in [5.41, 5.74) is 1.90. The number of anilines is 1. The lowest BCUT2D eigenvalue weighted by atomic mass is 10.0. The minimum absolute atomic E-state index is 0.0815. The lowest BCUT2D eigenvalue weighted by Gasteiger charge is -2.23. The summed E-state index contributed by atoms with van der Waals surface area (Å²) < 4.78 is 0. The van der Waals surface area contributed by atoms with Crippen LogP contribution in [0, 0.1) is 0 Å². The molecule has 0 bridgehead atoms. The molecule has 1 aliphatic heterocycles. The Morgan fingerprint density at radius 2 is 1.76 bits per heavy atom. The number of carbonyl (C=O) groups is 3. The maximum absolute atomic E-state index is 13.0. The smallest absolute Gasteiger partial charge is 0.242 e. The van der Waals surface area contributed by atoms with E-state index in [9.17, 15) is 14.4 Å². The molecule has 1 heterocycles. The summed E-state index contributed by atoms with van der Waals surface area (Å²) >= 11 is 1.69. The highest BCUT2D eigenvalue weighted by Gasteiger charge is 2.24. The minimum atomic E-state index is -0.671. The number of hydrogen-bond donors (Lipinski definition) is 3. The quantitative estimate of drug-likeness (QED) is 0.308. The van der Waals surface area contributed by atoms with E-state index >= 15 is 0 Å². The predicted molar refractivity (Wildman–Crippen MR) is 155 cm³/mol. The zero-order chi connectivity index (χ0) is 26.7. The summed E-state index contributed by atoms with van der Waals surface area (Å²) in [5, 5.41) is 11.2. The van der Waals surface area contributed by atoms with Crippen LogP contribution in [0.4, 0.5) is 5.69 Å². The van der Waals surface area contributed by atoms with Crippen LogP contribution < -0.4 is 20.9 Å².